The second-order valence-electron chi connectivity index (χ2n) is 7.30. The molecule has 0 saturated carbocycles. The number of rotatable bonds is 4. The molecule has 1 fully saturated rings. The minimum atomic E-state index is -1.07. The lowest BCUT2D eigenvalue weighted by Crippen LogP contribution is -2.29. The summed E-state index contributed by atoms with van der Waals surface area (Å²) in [4.78, 5) is 27.2. The van der Waals surface area contributed by atoms with Crippen molar-refractivity contribution < 1.29 is 28.2 Å². The standard InChI is InChI=1S/C24H20FNO5/c1-13-7-9-18(30-3)17(11-13)22(27)20-21(19-10-8-14(2)31-19)26(24(29)23(20)28)16-6-4-5-15(25)12-16/h4-12,21,27H,1-3H3/b22-20-. The highest BCUT2D eigenvalue weighted by Crippen LogP contribution is 2.43. The van der Waals surface area contributed by atoms with Crippen LogP contribution in [0, 0.1) is 19.7 Å². The van der Waals surface area contributed by atoms with Gasteiger partial charge in [-0.3, -0.25) is 14.5 Å². The summed E-state index contributed by atoms with van der Waals surface area (Å²) >= 11 is 0. The number of methoxy groups -OCH3 is 1. The molecule has 2 aromatic carbocycles. The Kier molecular flexibility index (Phi) is 5.10. The molecule has 4 rings (SSSR count). The van der Waals surface area contributed by atoms with Crippen molar-refractivity contribution >= 4 is 23.1 Å². The lowest BCUT2D eigenvalue weighted by molar-refractivity contribution is -0.132. The van der Waals surface area contributed by atoms with Gasteiger partial charge in [-0.1, -0.05) is 17.7 Å². The van der Waals surface area contributed by atoms with Crippen LogP contribution in [-0.4, -0.2) is 23.9 Å². The Morgan fingerprint density at radius 3 is 2.52 bits per heavy atom. The number of furan rings is 1. The number of aryl methyl sites for hydroxylation is 2. The summed E-state index contributed by atoms with van der Waals surface area (Å²) < 4.78 is 25.0. The molecule has 0 spiro atoms. The van der Waals surface area contributed by atoms with Crippen LogP contribution in [0.25, 0.3) is 5.76 Å². The number of Topliss-reactive ketones (excluding diaryl/α,β-unsaturated/α-hetero) is 1. The maximum absolute atomic E-state index is 13.9. The Balaban J connectivity index is 1.98. The van der Waals surface area contributed by atoms with Gasteiger partial charge in [-0.2, -0.15) is 0 Å². The monoisotopic (exact) mass is 421 g/mol. The van der Waals surface area contributed by atoms with Crippen molar-refractivity contribution in [1.29, 1.82) is 0 Å². The van der Waals surface area contributed by atoms with E-state index >= 15 is 0 Å². The van der Waals surface area contributed by atoms with Gasteiger partial charge in [0, 0.05) is 5.69 Å². The minimum Gasteiger partial charge on any atom is -0.507 e. The zero-order chi connectivity index (χ0) is 22.3. The van der Waals surface area contributed by atoms with Crippen LogP contribution in [0.4, 0.5) is 10.1 Å². The summed E-state index contributed by atoms with van der Waals surface area (Å²) in [5, 5.41) is 11.2. The van der Waals surface area contributed by atoms with E-state index in [9.17, 15) is 19.1 Å². The molecule has 1 amide bonds. The molecule has 1 aromatic heterocycles. The van der Waals surface area contributed by atoms with Gasteiger partial charge in [0.25, 0.3) is 11.7 Å². The molecule has 0 radical (unpaired) electrons. The molecule has 1 saturated heterocycles. The van der Waals surface area contributed by atoms with Crippen molar-refractivity contribution in [3.05, 3.63) is 88.6 Å². The first-order valence-corrected chi connectivity index (χ1v) is 9.59. The Hall–Kier alpha value is -3.87. The van der Waals surface area contributed by atoms with Gasteiger partial charge in [0.1, 0.15) is 34.9 Å². The number of ether oxygens (including phenoxy) is 1. The number of anilines is 1. The lowest BCUT2D eigenvalue weighted by Gasteiger charge is -2.23. The van der Waals surface area contributed by atoms with Gasteiger partial charge in [0.2, 0.25) is 0 Å². The number of carbonyl (C=O) groups is 2. The van der Waals surface area contributed by atoms with Crippen LogP contribution < -0.4 is 9.64 Å². The van der Waals surface area contributed by atoms with Gasteiger partial charge in [-0.15, -0.1) is 0 Å². The third-order valence-corrected chi connectivity index (χ3v) is 5.17. The zero-order valence-corrected chi connectivity index (χ0v) is 17.2. The molecule has 2 heterocycles. The summed E-state index contributed by atoms with van der Waals surface area (Å²) in [6.45, 7) is 3.55. The van der Waals surface area contributed by atoms with E-state index in [1.165, 1.54) is 25.3 Å². The van der Waals surface area contributed by atoms with Crippen molar-refractivity contribution in [2.75, 3.05) is 12.0 Å². The summed E-state index contributed by atoms with van der Waals surface area (Å²) in [5.74, 6) is -1.57. The van der Waals surface area contributed by atoms with E-state index in [-0.39, 0.29) is 22.6 Å². The molecular formula is C24H20FNO5. The number of aliphatic hydroxyl groups excluding tert-OH is 1. The zero-order valence-electron chi connectivity index (χ0n) is 17.2. The molecule has 6 nitrogen and oxygen atoms in total. The summed E-state index contributed by atoms with van der Waals surface area (Å²) in [7, 11) is 1.44. The third kappa shape index (κ3) is 3.48. The van der Waals surface area contributed by atoms with E-state index < -0.39 is 29.3 Å². The second-order valence-corrected chi connectivity index (χ2v) is 7.30. The number of amides is 1. The topological polar surface area (TPSA) is 80.0 Å². The Morgan fingerprint density at radius 2 is 1.87 bits per heavy atom. The van der Waals surface area contributed by atoms with E-state index in [2.05, 4.69) is 0 Å². The summed E-state index contributed by atoms with van der Waals surface area (Å²) in [6, 6.07) is 12.7. The third-order valence-electron chi connectivity index (χ3n) is 5.17. The molecular weight excluding hydrogens is 401 g/mol. The average Bonchev–Trinajstić information content (AvgIpc) is 3.28. The number of ketones is 1. The van der Waals surface area contributed by atoms with Gasteiger partial charge in [0.15, 0.2) is 0 Å². The highest BCUT2D eigenvalue weighted by Gasteiger charge is 2.48. The predicted molar refractivity (Wildman–Crippen MR) is 112 cm³/mol. The second kappa shape index (κ2) is 7.75. The largest absolute Gasteiger partial charge is 0.507 e. The van der Waals surface area contributed by atoms with Crippen LogP contribution in [0.5, 0.6) is 5.75 Å². The number of benzene rings is 2. The fourth-order valence-electron chi connectivity index (χ4n) is 3.75. The number of hydrogen-bond acceptors (Lipinski definition) is 5. The highest BCUT2D eigenvalue weighted by atomic mass is 19.1. The van der Waals surface area contributed by atoms with E-state index in [0.29, 0.717) is 11.5 Å². The predicted octanol–water partition coefficient (Wildman–Crippen LogP) is 4.67. The quantitative estimate of drug-likeness (QED) is 0.376. The van der Waals surface area contributed by atoms with Crippen LogP contribution in [0.3, 0.4) is 0 Å². The number of halogens is 1. The fraction of sp³-hybridized carbons (Fsp3) is 0.167. The first-order valence-electron chi connectivity index (χ1n) is 9.59. The number of carbonyl (C=O) groups excluding carboxylic acids is 2. The SMILES string of the molecule is COc1ccc(C)cc1/C(O)=C1/C(=O)C(=O)N(c2cccc(F)c2)C1c1ccc(C)o1. The van der Waals surface area contributed by atoms with Crippen LogP contribution in [0.15, 0.2) is 64.6 Å². The molecule has 31 heavy (non-hydrogen) atoms. The van der Waals surface area contributed by atoms with E-state index in [4.69, 9.17) is 9.15 Å². The summed E-state index contributed by atoms with van der Waals surface area (Å²) in [6.07, 6.45) is 0. The van der Waals surface area contributed by atoms with Crippen molar-refractivity contribution in [3.8, 4) is 5.75 Å². The molecule has 1 unspecified atom stereocenters. The Labute approximate surface area is 178 Å². The van der Waals surface area contributed by atoms with Crippen molar-refractivity contribution in [3.63, 3.8) is 0 Å². The Bertz CT molecular complexity index is 1230. The molecule has 0 aliphatic carbocycles. The molecule has 3 aromatic rings. The molecule has 0 bridgehead atoms. The van der Waals surface area contributed by atoms with E-state index in [1.54, 1.807) is 37.3 Å². The van der Waals surface area contributed by atoms with Gasteiger partial charge in [-0.05, 0) is 56.3 Å². The van der Waals surface area contributed by atoms with Gasteiger partial charge in [0.05, 0.1) is 18.2 Å². The van der Waals surface area contributed by atoms with Crippen LogP contribution in [0.1, 0.15) is 28.7 Å². The molecule has 1 aliphatic heterocycles. The first kappa shape index (κ1) is 20.4. The molecule has 1 N–H and O–H groups in total. The van der Waals surface area contributed by atoms with E-state index in [1.807, 2.05) is 6.92 Å². The number of nitrogens with zero attached hydrogens (tertiary/aromatic N) is 1. The van der Waals surface area contributed by atoms with Crippen molar-refractivity contribution in [1.82, 2.24) is 0 Å². The highest BCUT2D eigenvalue weighted by molar-refractivity contribution is 6.51. The van der Waals surface area contributed by atoms with Gasteiger partial charge >= 0.3 is 0 Å². The fourth-order valence-corrected chi connectivity index (χ4v) is 3.75. The summed E-state index contributed by atoms with van der Waals surface area (Å²) in [5.41, 5.74) is 1.11. The smallest absolute Gasteiger partial charge is 0.300 e. The minimum absolute atomic E-state index is 0.160. The maximum atomic E-state index is 13.9. The normalized spacial score (nSPS) is 17.9. The van der Waals surface area contributed by atoms with Gasteiger partial charge < -0.3 is 14.3 Å². The number of hydrogen-bond donors (Lipinski definition) is 1. The van der Waals surface area contributed by atoms with Crippen LogP contribution in [-0.2, 0) is 9.59 Å². The van der Waals surface area contributed by atoms with Crippen molar-refractivity contribution in [2.45, 2.75) is 19.9 Å². The molecule has 1 aliphatic rings. The van der Waals surface area contributed by atoms with Crippen LogP contribution >= 0.6 is 0 Å². The molecule has 7 heteroatoms. The van der Waals surface area contributed by atoms with Crippen LogP contribution in [0.2, 0.25) is 0 Å². The maximum Gasteiger partial charge on any atom is 0.300 e. The van der Waals surface area contributed by atoms with E-state index in [0.717, 1.165) is 16.5 Å². The lowest BCUT2D eigenvalue weighted by atomic mass is 9.97. The number of aliphatic hydroxyl groups is 1. The van der Waals surface area contributed by atoms with Crippen molar-refractivity contribution in [2.24, 2.45) is 0 Å². The average molecular weight is 421 g/mol. The Morgan fingerprint density at radius 1 is 1.10 bits per heavy atom. The van der Waals surface area contributed by atoms with Gasteiger partial charge in [-0.25, -0.2) is 4.39 Å². The first-order chi connectivity index (χ1) is 14.8. The molecule has 158 valence electrons. The molecule has 1 atom stereocenters.